The van der Waals surface area contributed by atoms with Crippen molar-refractivity contribution in [3.05, 3.63) is 0 Å². The van der Waals surface area contributed by atoms with Crippen LogP contribution in [0.5, 0.6) is 0 Å². The molecule has 0 radical (unpaired) electrons. The molecule has 1 atom stereocenters. The summed E-state index contributed by atoms with van der Waals surface area (Å²) in [5.74, 6) is 0. The van der Waals surface area contributed by atoms with Crippen LogP contribution in [0.25, 0.3) is 0 Å². The molecule has 12 heavy (non-hydrogen) atoms. The van der Waals surface area contributed by atoms with Crippen LogP contribution < -0.4 is 5.73 Å². The number of ether oxygens (including phenoxy) is 1. The molecule has 0 aromatic carbocycles. The topological polar surface area (TPSA) is 38.5 Å². The predicted molar refractivity (Wildman–Crippen MR) is 50.1 cm³/mol. The Labute approximate surface area is 74.9 Å². The van der Waals surface area contributed by atoms with Crippen LogP contribution in [0, 0.1) is 0 Å². The van der Waals surface area contributed by atoms with E-state index in [1.807, 2.05) is 0 Å². The molecule has 1 heterocycles. The Morgan fingerprint density at radius 2 is 2.25 bits per heavy atom. The Kier molecular flexibility index (Phi) is 3.09. The van der Waals surface area contributed by atoms with Gasteiger partial charge in [0, 0.05) is 26.2 Å². The van der Waals surface area contributed by atoms with Gasteiger partial charge < -0.3 is 10.5 Å². The van der Waals surface area contributed by atoms with Crippen LogP contribution in [0.3, 0.4) is 0 Å². The first kappa shape index (κ1) is 9.96. The van der Waals surface area contributed by atoms with Gasteiger partial charge in [-0.05, 0) is 26.8 Å². The minimum atomic E-state index is -0.0376. The van der Waals surface area contributed by atoms with Crippen LogP contribution in [0.15, 0.2) is 0 Å². The van der Waals surface area contributed by atoms with Crippen LogP contribution >= 0.6 is 0 Å². The Morgan fingerprint density at radius 3 is 2.67 bits per heavy atom. The van der Waals surface area contributed by atoms with Crippen molar-refractivity contribution in [3.63, 3.8) is 0 Å². The van der Waals surface area contributed by atoms with Gasteiger partial charge in [0.2, 0.25) is 0 Å². The maximum atomic E-state index is 5.80. The average Bonchev–Trinajstić information content (AvgIpc) is 2.35. The van der Waals surface area contributed by atoms with Gasteiger partial charge in [-0.1, -0.05) is 0 Å². The molecule has 1 fully saturated rings. The molecular weight excluding hydrogens is 152 g/mol. The molecule has 0 spiro atoms. The average molecular weight is 172 g/mol. The third-order valence-corrected chi connectivity index (χ3v) is 2.47. The van der Waals surface area contributed by atoms with Crippen molar-refractivity contribution in [3.8, 4) is 0 Å². The van der Waals surface area contributed by atoms with Gasteiger partial charge in [0.1, 0.15) is 0 Å². The molecule has 0 aromatic rings. The van der Waals surface area contributed by atoms with E-state index in [0.717, 1.165) is 26.1 Å². The van der Waals surface area contributed by atoms with Gasteiger partial charge in [-0.25, -0.2) is 0 Å². The van der Waals surface area contributed by atoms with Crippen molar-refractivity contribution in [2.45, 2.75) is 31.9 Å². The van der Waals surface area contributed by atoms with Gasteiger partial charge in [0.05, 0.1) is 5.60 Å². The molecule has 0 amide bonds. The summed E-state index contributed by atoms with van der Waals surface area (Å²) >= 11 is 0. The van der Waals surface area contributed by atoms with E-state index < -0.39 is 0 Å². The third-order valence-electron chi connectivity index (χ3n) is 2.47. The minimum Gasteiger partial charge on any atom is -0.377 e. The second kappa shape index (κ2) is 3.73. The number of nitrogens with zero attached hydrogens (tertiary/aromatic N) is 1. The molecule has 1 aliphatic rings. The van der Waals surface area contributed by atoms with E-state index in [4.69, 9.17) is 10.5 Å². The second-order valence-electron chi connectivity index (χ2n) is 4.25. The number of nitrogens with two attached hydrogens (primary N) is 1. The summed E-state index contributed by atoms with van der Waals surface area (Å²) in [6.07, 6.45) is 1.12. The maximum absolute atomic E-state index is 5.80. The van der Waals surface area contributed by atoms with E-state index in [2.05, 4.69) is 18.7 Å². The van der Waals surface area contributed by atoms with E-state index in [9.17, 15) is 0 Å². The molecule has 1 aliphatic heterocycles. The fourth-order valence-corrected chi connectivity index (χ4v) is 1.61. The minimum absolute atomic E-state index is 0.0376. The van der Waals surface area contributed by atoms with Crippen LogP contribution in [-0.2, 0) is 4.74 Å². The Bertz CT molecular complexity index is 147. The van der Waals surface area contributed by atoms with Gasteiger partial charge in [-0.3, -0.25) is 4.90 Å². The van der Waals surface area contributed by atoms with Crippen molar-refractivity contribution in [1.82, 2.24) is 4.90 Å². The quantitative estimate of drug-likeness (QED) is 0.671. The zero-order valence-corrected chi connectivity index (χ0v) is 8.34. The summed E-state index contributed by atoms with van der Waals surface area (Å²) in [6, 6.07) is 0.373. The first-order chi connectivity index (χ1) is 5.53. The molecule has 0 aromatic heterocycles. The highest BCUT2D eigenvalue weighted by Gasteiger charge is 2.25. The van der Waals surface area contributed by atoms with E-state index in [-0.39, 0.29) is 5.60 Å². The van der Waals surface area contributed by atoms with Crippen LogP contribution in [-0.4, -0.2) is 43.3 Å². The molecule has 1 saturated heterocycles. The van der Waals surface area contributed by atoms with Crippen molar-refractivity contribution >= 4 is 0 Å². The Morgan fingerprint density at radius 1 is 1.58 bits per heavy atom. The summed E-state index contributed by atoms with van der Waals surface area (Å²) in [5, 5.41) is 0. The molecule has 3 nitrogen and oxygen atoms in total. The molecule has 72 valence electrons. The molecule has 3 heteroatoms. The highest BCUT2D eigenvalue weighted by molar-refractivity contribution is 4.82. The SMILES string of the molecule is COC(C)(C)CN1CCC(N)C1. The van der Waals surface area contributed by atoms with Gasteiger partial charge in [-0.2, -0.15) is 0 Å². The normalized spacial score (nSPS) is 26.5. The Balaban J connectivity index is 2.32. The molecule has 0 saturated carbocycles. The predicted octanol–water partition coefficient (Wildman–Crippen LogP) is 0.444. The van der Waals surface area contributed by atoms with Crippen LogP contribution in [0.1, 0.15) is 20.3 Å². The standard InChI is InChI=1S/C9H20N2O/c1-9(2,12-3)7-11-5-4-8(10)6-11/h8H,4-7,10H2,1-3H3. The number of hydrogen-bond acceptors (Lipinski definition) is 3. The van der Waals surface area contributed by atoms with E-state index in [1.54, 1.807) is 7.11 Å². The van der Waals surface area contributed by atoms with Crippen molar-refractivity contribution < 1.29 is 4.74 Å². The zero-order valence-electron chi connectivity index (χ0n) is 8.34. The summed E-state index contributed by atoms with van der Waals surface area (Å²) in [4.78, 5) is 2.37. The smallest absolute Gasteiger partial charge is 0.0749 e. The van der Waals surface area contributed by atoms with Crippen molar-refractivity contribution in [2.75, 3.05) is 26.7 Å². The fraction of sp³-hybridized carbons (Fsp3) is 1.00. The van der Waals surface area contributed by atoms with E-state index in [0.29, 0.717) is 6.04 Å². The number of hydrogen-bond donors (Lipinski definition) is 1. The lowest BCUT2D eigenvalue weighted by atomic mass is 10.1. The molecule has 2 N–H and O–H groups in total. The molecule has 0 aliphatic carbocycles. The lowest BCUT2D eigenvalue weighted by Gasteiger charge is -2.28. The van der Waals surface area contributed by atoms with Crippen LogP contribution in [0.2, 0.25) is 0 Å². The fourth-order valence-electron chi connectivity index (χ4n) is 1.61. The highest BCUT2D eigenvalue weighted by Crippen LogP contribution is 2.14. The van der Waals surface area contributed by atoms with Gasteiger partial charge in [0.15, 0.2) is 0 Å². The third kappa shape index (κ3) is 2.73. The number of likely N-dealkylation sites (tertiary alicyclic amines) is 1. The van der Waals surface area contributed by atoms with E-state index in [1.165, 1.54) is 0 Å². The van der Waals surface area contributed by atoms with Crippen molar-refractivity contribution in [1.29, 1.82) is 0 Å². The molecule has 1 rings (SSSR count). The lowest BCUT2D eigenvalue weighted by molar-refractivity contribution is -0.00267. The monoisotopic (exact) mass is 172 g/mol. The zero-order chi connectivity index (χ0) is 9.19. The highest BCUT2D eigenvalue weighted by atomic mass is 16.5. The number of methoxy groups -OCH3 is 1. The van der Waals surface area contributed by atoms with Crippen molar-refractivity contribution in [2.24, 2.45) is 5.73 Å². The van der Waals surface area contributed by atoms with Gasteiger partial charge in [-0.15, -0.1) is 0 Å². The lowest BCUT2D eigenvalue weighted by Crippen LogP contribution is -2.39. The molecule has 1 unspecified atom stereocenters. The molecule has 0 bridgehead atoms. The van der Waals surface area contributed by atoms with E-state index >= 15 is 0 Å². The summed E-state index contributed by atoms with van der Waals surface area (Å²) < 4.78 is 5.35. The summed E-state index contributed by atoms with van der Waals surface area (Å²) in [6.45, 7) is 7.34. The Hall–Kier alpha value is -0.120. The van der Waals surface area contributed by atoms with Gasteiger partial charge >= 0.3 is 0 Å². The number of rotatable bonds is 3. The van der Waals surface area contributed by atoms with Crippen LogP contribution in [0.4, 0.5) is 0 Å². The summed E-state index contributed by atoms with van der Waals surface area (Å²) in [7, 11) is 1.76. The summed E-state index contributed by atoms with van der Waals surface area (Å²) in [5.41, 5.74) is 5.77. The van der Waals surface area contributed by atoms with Gasteiger partial charge in [0.25, 0.3) is 0 Å². The second-order valence-corrected chi connectivity index (χ2v) is 4.25. The first-order valence-corrected chi connectivity index (χ1v) is 4.56. The maximum Gasteiger partial charge on any atom is 0.0749 e. The molecular formula is C9H20N2O. The largest absolute Gasteiger partial charge is 0.377 e. The first-order valence-electron chi connectivity index (χ1n) is 4.56.